The van der Waals surface area contributed by atoms with Gasteiger partial charge in [0.15, 0.2) is 0 Å². The summed E-state index contributed by atoms with van der Waals surface area (Å²) in [5.74, 6) is 1.42. The minimum atomic E-state index is 0.171. The molecule has 3 aliphatic heterocycles. The maximum Gasteiger partial charge on any atom is 0.265 e. The molecule has 6 heteroatoms. The van der Waals surface area contributed by atoms with E-state index < -0.39 is 0 Å². The number of aromatic nitrogens is 1. The van der Waals surface area contributed by atoms with Gasteiger partial charge in [-0.05, 0) is 50.0 Å². The third-order valence-corrected chi connectivity index (χ3v) is 7.31. The zero-order chi connectivity index (χ0) is 14.3. The zero-order valence-corrected chi connectivity index (χ0v) is 13.8. The third-order valence-electron chi connectivity index (χ3n) is 4.99. The second-order valence-corrected chi connectivity index (χ2v) is 8.81. The number of thioether (sulfide) groups is 1. The quantitative estimate of drug-likeness (QED) is 0.837. The van der Waals surface area contributed by atoms with E-state index in [2.05, 4.69) is 21.0 Å². The van der Waals surface area contributed by atoms with Crippen molar-refractivity contribution in [3.8, 4) is 0 Å². The molecule has 1 unspecified atom stereocenters. The lowest BCUT2D eigenvalue weighted by atomic mass is 9.90. The molecule has 3 saturated heterocycles. The van der Waals surface area contributed by atoms with E-state index in [0.717, 1.165) is 24.0 Å². The van der Waals surface area contributed by atoms with E-state index in [-0.39, 0.29) is 5.91 Å². The summed E-state index contributed by atoms with van der Waals surface area (Å²) in [4.78, 5) is 17.8. The van der Waals surface area contributed by atoms with E-state index in [0.29, 0.717) is 4.75 Å². The van der Waals surface area contributed by atoms with Crippen LogP contribution in [0.3, 0.4) is 0 Å². The van der Waals surface area contributed by atoms with Crippen LogP contribution in [-0.2, 0) is 0 Å². The van der Waals surface area contributed by atoms with Gasteiger partial charge in [-0.2, -0.15) is 0 Å². The zero-order valence-electron chi connectivity index (χ0n) is 12.2. The molecule has 4 heterocycles. The minimum Gasteiger partial charge on any atom is -0.335 e. The Labute approximate surface area is 134 Å². The van der Waals surface area contributed by atoms with Crippen LogP contribution in [0, 0.1) is 0 Å². The monoisotopic (exact) mass is 323 g/mol. The van der Waals surface area contributed by atoms with Crippen LogP contribution in [-0.4, -0.2) is 62.8 Å². The Morgan fingerprint density at radius 1 is 1.29 bits per heavy atom. The predicted molar refractivity (Wildman–Crippen MR) is 87.0 cm³/mol. The Balaban J connectivity index is 1.33. The van der Waals surface area contributed by atoms with Gasteiger partial charge in [-0.25, -0.2) is 4.37 Å². The summed E-state index contributed by atoms with van der Waals surface area (Å²) in [5, 5.41) is 0. The van der Waals surface area contributed by atoms with E-state index >= 15 is 0 Å². The molecule has 1 atom stereocenters. The lowest BCUT2D eigenvalue weighted by molar-refractivity contribution is 0.0523. The van der Waals surface area contributed by atoms with Gasteiger partial charge in [-0.15, -0.1) is 11.8 Å². The second kappa shape index (κ2) is 5.56. The summed E-state index contributed by atoms with van der Waals surface area (Å²) in [6, 6.07) is 2.58. The summed E-state index contributed by atoms with van der Waals surface area (Å²) >= 11 is 3.41. The minimum absolute atomic E-state index is 0.171. The molecule has 0 radical (unpaired) electrons. The number of hydrogen-bond donors (Lipinski definition) is 0. The van der Waals surface area contributed by atoms with E-state index in [1.54, 1.807) is 6.20 Å². The molecule has 0 aromatic carbocycles. The molecular formula is C15H21N3OS2. The summed E-state index contributed by atoms with van der Waals surface area (Å²) in [7, 11) is 0. The fourth-order valence-electron chi connectivity index (χ4n) is 3.83. The standard InChI is InChI=1S/C15H21N3OS2/c19-14(13-4-5-16-21-13)18-10-15(11-18)8-12(9-20-15)17-6-2-1-3-7-17/h4-5,12H,1-3,6-11H2. The molecule has 4 nitrogen and oxygen atoms in total. The van der Waals surface area contributed by atoms with Gasteiger partial charge in [0.25, 0.3) is 5.91 Å². The van der Waals surface area contributed by atoms with E-state index in [4.69, 9.17) is 0 Å². The van der Waals surface area contributed by atoms with Gasteiger partial charge < -0.3 is 4.90 Å². The highest BCUT2D eigenvalue weighted by Gasteiger charge is 2.51. The van der Waals surface area contributed by atoms with E-state index in [1.807, 2.05) is 11.0 Å². The molecule has 0 saturated carbocycles. The summed E-state index contributed by atoms with van der Waals surface area (Å²) < 4.78 is 4.38. The summed E-state index contributed by atoms with van der Waals surface area (Å²) in [6.07, 6.45) is 7.11. The van der Waals surface area contributed by atoms with Gasteiger partial charge in [0.1, 0.15) is 4.88 Å². The molecule has 21 heavy (non-hydrogen) atoms. The van der Waals surface area contributed by atoms with Crippen LogP contribution in [0.1, 0.15) is 35.4 Å². The first kappa shape index (κ1) is 14.0. The highest BCUT2D eigenvalue weighted by molar-refractivity contribution is 8.01. The molecule has 3 aliphatic rings. The molecule has 0 N–H and O–H groups in total. The molecule has 1 spiro atoms. The van der Waals surface area contributed by atoms with Crippen LogP contribution < -0.4 is 0 Å². The number of hydrogen-bond acceptors (Lipinski definition) is 5. The summed E-state index contributed by atoms with van der Waals surface area (Å²) in [6.45, 7) is 4.42. The largest absolute Gasteiger partial charge is 0.335 e. The first-order valence-corrected chi connectivity index (χ1v) is 9.60. The molecule has 1 aromatic rings. The van der Waals surface area contributed by atoms with Crippen molar-refractivity contribution in [2.24, 2.45) is 0 Å². The SMILES string of the molecule is O=C(c1ccns1)N1CC2(CC(N3CCCCC3)CS2)C1. The van der Waals surface area contributed by atoms with Gasteiger partial charge in [-0.3, -0.25) is 9.69 Å². The number of carbonyl (C=O) groups excluding carboxylic acids is 1. The third kappa shape index (κ3) is 2.62. The highest BCUT2D eigenvalue weighted by atomic mass is 32.2. The van der Waals surface area contributed by atoms with E-state index in [1.165, 1.54) is 56.1 Å². The fourth-order valence-corrected chi connectivity index (χ4v) is 6.08. The van der Waals surface area contributed by atoms with Crippen LogP contribution >= 0.6 is 23.3 Å². The van der Waals surface area contributed by atoms with Crippen molar-refractivity contribution in [3.63, 3.8) is 0 Å². The lowest BCUT2D eigenvalue weighted by Crippen LogP contribution is -2.61. The van der Waals surface area contributed by atoms with Crippen molar-refractivity contribution in [3.05, 3.63) is 17.1 Å². The first-order valence-electron chi connectivity index (χ1n) is 7.84. The Kier molecular flexibility index (Phi) is 3.71. The number of rotatable bonds is 2. The fraction of sp³-hybridized carbons (Fsp3) is 0.733. The van der Waals surface area contributed by atoms with Gasteiger partial charge in [0.05, 0.1) is 4.75 Å². The summed E-state index contributed by atoms with van der Waals surface area (Å²) in [5.41, 5.74) is 0. The molecule has 4 rings (SSSR count). The van der Waals surface area contributed by atoms with Crippen molar-refractivity contribution in [1.29, 1.82) is 0 Å². The molecule has 1 aromatic heterocycles. The van der Waals surface area contributed by atoms with Gasteiger partial charge in [0.2, 0.25) is 0 Å². The Bertz CT molecular complexity index is 507. The smallest absolute Gasteiger partial charge is 0.265 e. The topological polar surface area (TPSA) is 36.4 Å². The number of carbonyl (C=O) groups is 1. The van der Waals surface area contributed by atoms with Crippen LogP contribution in [0.2, 0.25) is 0 Å². The van der Waals surface area contributed by atoms with E-state index in [9.17, 15) is 4.79 Å². The van der Waals surface area contributed by atoms with Crippen molar-refractivity contribution >= 4 is 29.2 Å². The Hall–Kier alpha value is -0.590. The van der Waals surface area contributed by atoms with Gasteiger partial charge in [-0.1, -0.05) is 6.42 Å². The first-order chi connectivity index (χ1) is 10.3. The maximum atomic E-state index is 12.3. The van der Waals surface area contributed by atoms with Crippen LogP contribution in [0.25, 0.3) is 0 Å². The molecule has 1 amide bonds. The number of piperidine rings is 1. The van der Waals surface area contributed by atoms with Crippen molar-refractivity contribution in [1.82, 2.24) is 14.2 Å². The van der Waals surface area contributed by atoms with Gasteiger partial charge in [0, 0.05) is 31.1 Å². The highest BCUT2D eigenvalue weighted by Crippen LogP contribution is 2.47. The Morgan fingerprint density at radius 2 is 2.10 bits per heavy atom. The van der Waals surface area contributed by atoms with Crippen LogP contribution in [0.5, 0.6) is 0 Å². The maximum absolute atomic E-state index is 12.3. The molecule has 114 valence electrons. The van der Waals surface area contributed by atoms with Crippen molar-refractivity contribution < 1.29 is 4.79 Å². The van der Waals surface area contributed by atoms with Crippen LogP contribution in [0.15, 0.2) is 12.3 Å². The van der Waals surface area contributed by atoms with Crippen molar-refractivity contribution in [2.75, 3.05) is 31.9 Å². The second-order valence-electron chi connectivity index (χ2n) is 6.49. The number of nitrogens with zero attached hydrogens (tertiary/aromatic N) is 3. The average Bonchev–Trinajstić information content (AvgIpc) is 3.15. The van der Waals surface area contributed by atoms with Crippen LogP contribution in [0.4, 0.5) is 0 Å². The number of likely N-dealkylation sites (tertiary alicyclic amines) is 2. The van der Waals surface area contributed by atoms with Crippen molar-refractivity contribution in [2.45, 2.75) is 36.5 Å². The normalized spacial score (nSPS) is 28.8. The lowest BCUT2D eigenvalue weighted by Gasteiger charge is -2.47. The molecule has 0 aliphatic carbocycles. The number of amides is 1. The molecule has 3 fully saturated rings. The predicted octanol–water partition coefficient (Wildman–Crippen LogP) is 2.33. The average molecular weight is 323 g/mol. The Morgan fingerprint density at radius 3 is 2.81 bits per heavy atom. The molecule has 0 bridgehead atoms. The molecular weight excluding hydrogens is 302 g/mol. The van der Waals surface area contributed by atoms with Gasteiger partial charge >= 0.3 is 0 Å².